The minimum atomic E-state index is -0.846. The first-order valence-corrected chi connectivity index (χ1v) is 11.3. The van der Waals surface area contributed by atoms with Crippen LogP contribution in [0.3, 0.4) is 0 Å². The van der Waals surface area contributed by atoms with Gasteiger partial charge in [0.1, 0.15) is 19.2 Å². The minimum absolute atomic E-state index is 0.0904. The van der Waals surface area contributed by atoms with Gasteiger partial charge in [0.15, 0.2) is 4.34 Å². The van der Waals surface area contributed by atoms with Crippen molar-refractivity contribution in [2.45, 2.75) is 42.3 Å². The quantitative estimate of drug-likeness (QED) is 0.266. The lowest BCUT2D eigenvalue weighted by atomic mass is 10.0. The number of carbonyl (C=O) groups excluding carboxylic acids is 2. The summed E-state index contributed by atoms with van der Waals surface area (Å²) in [7, 11) is 0. The first kappa shape index (κ1) is 22.6. The van der Waals surface area contributed by atoms with E-state index in [1.165, 1.54) is 11.3 Å². The third-order valence-electron chi connectivity index (χ3n) is 4.66. The normalized spacial score (nSPS) is 14.3. The summed E-state index contributed by atoms with van der Waals surface area (Å²) in [5, 5.41) is 12.2. The van der Waals surface area contributed by atoms with Gasteiger partial charge in [0.25, 0.3) is 0 Å². The molecular weight excluding hydrogens is 420 g/mol. The second-order valence-corrected chi connectivity index (χ2v) is 9.07. The molecule has 0 bridgehead atoms. The Labute approximate surface area is 183 Å². The number of carbonyl (C=O) groups is 2. The number of nitrogens with one attached hydrogen (secondary N) is 1. The number of hydrogen-bond donors (Lipinski definition) is 2. The number of aryl methyl sites for hydroxylation is 1. The summed E-state index contributed by atoms with van der Waals surface area (Å²) < 4.78 is 6.90. The van der Waals surface area contributed by atoms with Crippen LogP contribution in [-0.2, 0) is 20.7 Å². The fraction of sp³-hybridized carbons (Fsp3) is 0.318. The van der Waals surface area contributed by atoms with Gasteiger partial charge in [-0.05, 0) is 49.2 Å². The van der Waals surface area contributed by atoms with Crippen LogP contribution in [0.5, 0.6) is 0 Å². The third-order valence-corrected chi connectivity index (χ3v) is 6.82. The number of ether oxygens (including phenoxy) is 1. The lowest BCUT2D eigenvalue weighted by Gasteiger charge is -2.26. The van der Waals surface area contributed by atoms with Gasteiger partial charge in [-0.2, -0.15) is 0 Å². The molecule has 0 saturated carbocycles. The molecule has 30 heavy (non-hydrogen) atoms. The van der Waals surface area contributed by atoms with Crippen molar-refractivity contribution in [2.75, 3.05) is 6.79 Å². The van der Waals surface area contributed by atoms with E-state index in [0.29, 0.717) is 23.5 Å². The average molecular weight is 445 g/mol. The number of fused-ring (bicyclic) bond motifs is 1. The van der Waals surface area contributed by atoms with Crippen LogP contribution in [0.4, 0.5) is 0 Å². The third kappa shape index (κ3) is 6.20. The molecule has 3 rings (SSSR count). The van der Waals surface area contributed by atoms with Gasteiger partial charge >= 0.3 is 0 Å². The van der Waals surface area contributed by atoms with Gasteiger partial charge in [0, 0.05) is 6.04 Å². The zero-order chi connectivity index (χ0) is 21.3. The van der Waals surface area contributed by atoms with E-state index < -0.39 is 25.0 Å². The molecule has 0 radical (unpaired) electrons. The summed E-state index contributed by atoms with van der Waals surface area (Å²) in [5.41, 5.74) is 2.00. The van der Waals surface area contributed by atoms with Gasteiger partial charge in [0.05, 0.1) is 16.3 Å². The van der Waals surface area contributed by atoms with Gasteiger partial charge in [0.2, 0.25) is 5.12 Å². The van der Waals surface area contributed by atoms with Crippen molar-refractivity contribution >= 4 is 44.7 Å². The summed E-state index contributed by atoms with van der Waals surface area (Å²) in [6.45, 7) is 1.20. The molecule has 0 aliphatic carbocycles. The molecule has 6 nitrogen and oxygen atoms in total. The van der Waals surface area contributed by atoms with E-state index in [1.807, 2.05) is 54.6 Å². The number of rotatable bonds is 11. The van der Waals surface area contributed by atoms with Crippen LogP contribution in [-0.4, -0.2) is 46.5 Å². The maximum atomic E-state index is 12.8. The van der Waals surface area contributed by atoms with Crippen molar-refractivity contribution in [1.29, 1.82) is 0 Å². The summed E-state index contributed by atoms with van der Waals surface area (Å²) in [5.74, 6) is 0. The molecule has 0 saturated heterocycles. The molecule has 0 fully saturated rings. The van der Waals surface area contributed by atoms with Crippen molar-refractivity contribution in [2.24, 2.45) is 0 Å². The van der Waals surface area contributed by atoms with Crippen molar-refractivity contribution in [3.63, 3.8) is 0 Å². The van der Waals surface area contributed by atoms with Crippen LogP contribution < -0.4 is 5.32 Å². The largest absolute Gasteiger partial charge is 0.371 e. The van der Waals surface area contributed by atoms with E-state index in [0.717, 1.165) is 27.5 Å². The Kier molecular flexibility index (Phi) is 8.53. The molecule has 3 atom stereocenters. The van der Waals surface area contributed by atoms with Gasteiger partial charge in [-0.15, -0.1) is 11.3 Å². The summed E-state index contributed by atoms with van der Waals surface area (Å²) >= 11 is 2.57. The number of para-hydroxylation sites is 1. The number of hydrogen-bond acceptors (Lipinski definition) is 8. The van der Waals surface area contributed by atoms with Crippen molar-refractivity contribution < 1.29 is 19.4 Å². The average Bonchev–Trinajstić information content (AvgIpc) is 3.18. The Hall–Kier alpha value is -2.10. The molecule has 2 N–H and O–H groups in total. The van der Waals surface area contributed by atoms with E-state index in [1.54, 1.807) is 6.92 Å². The number of aldehydes is 1. The number of nitrogens with zero attached hydrogens (tertiary/aromatic N) is 1. The molecule has 2 aromatic carbocycles. The number of aliphatic hydroxyl groups is 1. The first-order valence-electron chi connectivity index (χ1n) is 9.65. The smallest absolute Gasteiger partial charge is 0.212 e. The molecule has 1 aromatic heterocycles. The lowest BCUT2D eigenvalue weighted by Crippen LogP contribution is -2.48. The Balaban J connectivity index is 1.64. The topological polar surface area (TPSA) is 88.5 Å². The molecule has 0 aliphatic rings. The molecule has 1 heterocycles. The van der Waals surface area contributed by atoms with Crippen LogP contribution >= 0.6 is 23.1 Å². The SMILES string of the molecule is CC(NC(CCc1ccccc1)C(C=O)OCO)C(=O)Sc1nc2ccccc2s1. The van der Waals surface area contributed by atoms with Crippen molar-refractivity contribution in [3.05, 3.63) is 60.2 Å². The zero-order valence-corrected chi connectivity index (χ0v) is 18.2. The van der Waals surface area contributed by atoms with Gasteiger partial charge in [-0.25, -0.2) is 4.98 Å². The Morgan fingerprint density at radius 2 is 1.97 bits per heavy atom. The Morgan fingerprint density at radius 1 is 1.23 bits per heavy atom. The summed E-state index contributed by atoms with van der Waals surface area (Å²) in [6, 6.07) is 16.7. The maximum Gasteiger partial charge on any atom is 0.212 e. The molecular formula is C22H24N2O4S2. The highest BCUT2D eigenvalue weighted by Crippen LogP contribution is 2.30. The van der Waals surface area contributed by atoms with Gasteiger partial charge in [-0.1, -0.05) is 42.5 Å². The fourth-order valence-electron chi connectivity index (χ4n) is 3.10. The molecule has 0 aliphatic heterocycles. The van der Waals surface area contributed by atoms with Crippen LogP contribution in [0.25, 0.3) is 10.2 Å². The van der Waals surface area contributed by atoms with Crippen LogP contribution in [0.1, 0.15) is 18.9 Å². The van der Waals surface area contributed by atoms with Crippen LogP contribution in [0.15, 0.2) is 58.9 Å². The zero-order valence-electron chi connectivity index (χ0n) is 16.6. The lowest BCUT2D eigenvalue weighted by molar-refractivity contribution is -0.129. The number of benzene rings is 2. The molecule has 0 spiro atoms. The van der Waals surface area contributed by atoms with E-state index in [-0.39, 0.29) is 5.12 Å². The van der Waals surface area contributed by atoms with E-state index in [9.17, 15) is 9.59 Å². The van der Waals surface area contributed by atoms with Crippen molar-refractivity contribution in [3.8, 4) is 0 Å². The maximum absolute atomic E-state index is 12.8. The number of thioether (sulfide) groups is 1. The Bertz CT molecular complexity index is 931. The first-order chi connectivity index (χ1) is 14.6. The standard InChI is InChI=1S/C22H24N2O4S2/c1-15(21(27)30-22-24-18-9-5-6-10-20(18)29-22)23-17(19(13-25)28-14-26)12-11-16-7-3-2-4-8-16/h2-10,13,15,17,19,23,26H,11-12,14H2,1H3. The van der Waals surface area contributed by atoms with Gasteiger partial charge < -0.3 is 20.0 Å². The monoisotopic (exact) mass is 444 g/mol. The fourth-order valence-corrected chi connectivity index (χ4v) is 5.04. The highest BCUT2D eigenvalue weighted by atomic mass is 32.2. The number of thiazole rings is 1. The molecule has 8 heteroatoms. The van der Waals surface area contributed by atoms with E-state index >= 15 is 0 Å². The predicted octanol–water partition coefficient (Wildman–Crippen LogP) is 3.43. The summed E-state index contributed by atoms with van der Waals surface area (Å²) in [6.07, 6.45) is 1.11. The molecule has 158 valence electrons. The van der Waals surface area contributed by atoms with E-state index in [4.69, 9.17) is 9.84 Å². The number of aromatic nitrogens is 1. The van der Waals surface area contributed by atoms with Crippen LogP contribution in [0, 0.1) is 0 Å². The molecule has 3 aromatic rings. The van der Waals surface area contributed by atoms with Crippen LogP contribution in [0.2, 0.25) is 0 Å². The second kappa shape index (κ2) is 11.3. The minimum Gasteiger partial charge on any atom is -0.371 e. The number of aliphatic hydroxyl groups excluding tert-OH is 1. The molecule has 3 unspecified atom stereocenters. The predicted molar refractivity (Wildman–Crippen MR) is 120 cm³/mol. The highest BCUT2D eigenvalue weighted by Gasteiger charge is 2.26. The summed E-state index contributed by atoms with van der Waals surface area (Å²) in [4.78, 5) is 28.8. The Morgan fingerprint density at radius 3 is 2.67 bits per heavy atom. The van der Waals surface area contributed by atoms with E-state index in [2.05, 4.69) is 10.3 Å². The van der Waals surface area contributed by atoms with Crippen molar-refractivity contribution in [1.82, 2.24) is 10.3 Å². The van der Waals surface area contributed by atoms with Gasteiger partial charge in [-0.3, -0.25) is 4.79 Å². The second-order valence-electron chi connectivity index (χ2n) is 6.78. The molecule has 0 amide bonds. The highest BCUT2D eigenvalue weighted by molar-refractivity contribution is 8.15.